The molecule has 2 aromatic carbocycles. The Morgan fingerprint density at radius 3 is 2.59 bits per heavy atom. The van der Waals surface area contributed by atoms with Gasteiger partial charge in [-0.2, -0.15) is 0 Å². The number of amides is 1. The molecule has 1 saturated heterocycles. The number of rotatable bonds is 7. The number of hydrogen-bond donors (Lipinski definition) is 2. The lowest BCUT2D eigenvalue weighted by Gasteiger charge is -2.17. The molecule has 0 atom stereocenters. The molecule has 4 rings (SSSR count). The van der Waals surface area contributed by atoms with E-state index in [2.05, 4.69) is 32.3 Å². The number of aromatic nitrogens is 2. The van der Waals surface area contributed by atoms with Gasteiger partial charge in [-0.05, 0) is 49.2 Å². The van der Waals surface area contributed by atoms with Crippen LogP contribution in [0.4, 0.5) is 0 Å². The Morgan fingerprint density at radius 2 is 1.76 bits per heavy atom. The summed E-state index contributed by atoms with van der Waals surface area (Å²) in [5.74, 6) is -0.0738. The van der Waals surface area contributed by atoms with Gasteiger partial charge in [0.05, 0.1) is 11.0 Å². The standard InChI is InChI=1S/C23H26N4O2/c28-22(12-11-21-23(29)26-20-10-4-3-9-19(20)25-21)24-15-17-7-1-2-8-18(17)16-27-13-5-6-14-27/h1-4,7-10H,5-6,11-16H2,(H,24,28)(H,26,29). The summed E-state index contributed by atoms with van der Waals surface area (Å²) >= 11 is 0. The van der Waals surface area contributed by atoms with Gasteiger partial charge >= 0.3 is 0 Å². The molecule has 3 aromatic rings. The average molecular weight is 390 g/mol. The third kappa shape index (κ3) is 4.90. The zero-order chi connectivity index (χ0) is 20.1. The van der Waals surface area contributed by atoms with Crippen LogP contribution in [0.1, 0.15) is 36.1 Å². The first-order valence-electron chi connectivity index (χ1n) is 10.2. The summed E-state index contributed by atoms with van der Waals surface area (Å²) in [6.07, 6.45) is 3.09. The van der Waals surface area contributed by atoms with Gasteiger partial charge in [-0.3, -0.25) is 14.5 Å². The topological polar surface area (TPSA) is 78.1 Å². The highest BCUT2D eigenvalue weighted by Crippen LogP contribution is 2.16. The summed E-state index contributed by atoms with van der Waals surface area (Å²) in [5, 5.41) is 2.99. The number of aryl methyl sites for hydroxylation is 1. The van der Waals surface area contributed by atoms with Crippen LogP contribution in [0.5, 0.6) is 0 Å². The molecule has 0 radical (unpaired) electrons. The van der Waals surface area contributed by atoms with Gasteiger partial charge in [0.15, 0.2) is 0 Å². The number of hydrogen-bond acceptors (Lipinski definition) is 4. The van der Waals surface area contributed by atoms with Crippen molar-refractivity contribution < 1.29 is 4.79 Å². The minimum atomic E-state index is -0.229. The van der Waals surface area contributed by atoms with E-state index in [1.807, 2.05) is 36.4 Å². The lowest BCUT2D eigenvalue weighted by atomic mass is 10.1. The van der Waals surface area contributed by atoms with Gasteiger partial charge in [-0.25, -0.2) is 4.98 Å². The van der Waals surface area contributed by atoms with Crippen LogP contribution in [0.3, 0.4) is 0 Å². The molecular formula is C23H26N4O2. The van der Waals surface area contributed by atoms with Gasteiger partial charge in [-0.15, -0.1) is 0 Å². The van der Waals surface area contributed by atoms with Crippen LogP contribution in [0, 0.1) is 0 Å². The summed E-state index contributed by atoms with van der Waals surface area (Å²) in [5.41, 5.74) is 4.02. The van der Waals surface area contributed by atoms with Crippen LogP contribution in [0.2, 0.25) is 0 Å². The quantitative estimate of drug-likeness (QED) is 0.650. The second-order valence-corrected chi connectivity index (χ2v) is 7.56. The van der Waals surface area contributed by atoms with E-state index >= 15 is 0 Å². The van der Waals surface area contributed by atoms with Crippen molar-refractivity contribution in [2.24, 2.45) is 0 Å². The predicted octanol–water partition coefficient (Wildman–Crippen LogP) is 2.77. The Morgan fingerprint density at radius 1 is 1.03 bits per heavy atom. The fourth-order valence-corrected chi connectivity index (χ4v) is 3.82. The van der Waals surface area contributed by atoms with Crippen molar-refractivity contribution in [1.29, 1.82) is 0 Å². The van der Waals surface area contributed by atoms with Crippen molar-refractivity contribution in [2.75, 3.05) is 13.1 Å². The number of para-hydroxylation sites is 2. The van der Waals surface area contributed by atoms with Crippen molar-refractivity contribution in [2.45, 2.75) is 38.8 Å². The molecule has 29 heavy (non-hydrogen) atoms. The van der Waals surface area contributed by atoms with E-state index in [1.54, 1.807) is 0 Å². The molecule has 150 valence electrons. The molecule has 6 heteroatoms. The van der Waals surface area contributed by atoms with Crippen molar-refractivity contribution in [1.82, 2.24) is 20.2 Å². The zero-order valence-electron chi connectivity index (χ0n) is 16.5. The summed E-state index contributed by atoms with van der Waals surface area (Å²) in [7, 11) is 0. The summed E-state index contributed by atoms with van der Waals surface area (Å²) in [4.78, 5) is 34.2. The van der Waals surface area contributed by atoms with Crippen LogP contribution in [-0.4, -0.2) is 33.9 Å². The predicted molar refractivity (Wildman–Crippen MR) is 113 cm³/mol. The second kappa shape index (κ2) is 9.01. The van der Waals surface area contributed by atoms with E-state index in [1.165, 1.54) is 18.4 Å². The summed E-state index contributed by atoms with van der Waals surface area (Å²) in [6.45, 7) is 3.73. The van der Waals surface area contributed by atoms with Gasteiger partial charge in [0.2, 0.25) is 5.91 Å². The molecule has 0 saturated carbocycles. The number of fused-ring (bicyclic) bond motifs is 1. The van der Waals surface area contributed by atoms with E-state index in [0.29, 0.717) is 24.2 Å². The maximum absolute atomic E-state index is 12.4. The molecule has 0 unspecified atom stereocenters. The fraction of sp³-hybridized carbons (Fsp3) is 0.348. The largest absolute Gasteiger partial charge is 0.352 e. The Kier molecular flexibility index (Phi) is 6.00. The highest BCUT2D eigenvalue weighted by Gasteiger charge is 2.14. The van der Waals surface area contributed by atoms with Crippen molar-refractivity contribution in [3.05, 3.63) is 75.7 Å². The van der Waals surface area contributed by atoms with E-state index < -0.39 is 0 Å². The SMILES string of the molecule is O=C(CCc1nc2ccccc2[nH]c1=O)NCc1ccccc1CN1CCCC1. The Bertz CT molecular complexity index is 1050. The lowest BCUT2D eigenvalue weighted by molar-refractivity contribution is -0.121. The summed E-state index contributed by atoms with van der Waals surface area (Å²) in [6, 6.07) is 15.7. The van der Waals surface area contributed by atoms with Gasteiger partial charge in [0.25, 0.3) is 5.56 Å². The van der Waals surface area contributed by atoms with Crippen LogP contribution < -0.4 is 10.9 Å². The minimum absolute atomic E-state index is 0.0738. The third-order valence-electron chi connectivity index (χ3n) is 5.45. The second-order valence-electron chi connectivity index (χ2n) is 7.56. The molecule has 1 aliphatic rings. The summed E-state index contributed by atoms with van der Waals surface area (Å²) < 4.78 is 0. The van der Waals surface area contributed by atoms with Gasteiger partial charge in [0, 0.05) is 25.9 Å². The maximum atomic E-state index is 12.4. The molecule has 1 amide bonds. The number of aromatic amines is 1. The van der Waals surface area contributed by atoms with E-state index in [4.69, 9.17) is 0 Å². The highest BCUT2D eigenvalue weighted by atomic mass is 16.1. The Hall–Kier alpha value is -2.99. The zero-order valence-corrected chi connectivity index (χ0v) is 16.5. The van der Waals surface area contributed by atoms with Crippen molar-refractivity contribution in [3.8, 4) is 0 Å². The smallest absolute Gasteiger partial charge is 0.270 e. The number of benzene rings is 2. The molecular weight excluding hydrogens is 364 g/mol. The van der Waals surface area contributed by atoms with E-state index in [0.717, 1.165) is 30.7 Å². The van der Waals surface area contributed by atoms with Crippen molar-refractivity contribution >= 4 is 16.9 Å². The van der Waals surface area contributed by atoms with Crippen LogP contribution in [-0.2, 0) is 24.3 Å². The highest BCUT2D eigenvalue weighted by molar-refractivity contribution is 5.76. The maximum Gasteiger partial charge on any atom is 0.270 e. The average Bonchev–Trinajstić information content (AvgIpc) is 3.24. The fourth-order valence-electron chi connectivity index (χ4n) is 3.82. The molecule has 0 aliphatic carbocycles. The number of carbonyl (C=O) groups excluding carboxylic acids is 1. The van der Waals surface area contributed by atoms with E-state index in [-0.39, 0.29) is 17.9 Å². The first-order valence-corrected chi connectivity index (χ1v) is 10.2. The van der Waals surface area contributed by atoms with Gasteiger partial charge < -0.3 is 10.3 Å². The number of likely N-dealkylation sites (tertiary alicyclic amines) is 1. The minimum Gasteiger partial charge on any atom is -0.352 e. The Labute approximate surface area is 170 Å². The van der Waals surface area contributed by atoms with Crippen LogP contribution in [0.25, 0.3) is 11.0 Å². The van der Waals surface area contributed by atoms with Gasteiger partial charge in [0.1, 0.15) is 5.69 Å². The Balaban J connectivity index is 1.34. The van der Waals surface area contributed by atoms with E-state index in [9.17, 15) is 9.59 Å². The first kappa shape index (κ1) is 19.3. The van der Waals surface area contributed by atoms with Gasteiger partial charge in [-0.1, -0.05) is 36.4 Å². The monoisotopic (exact) mass is 390 g/mol. The third-order valence-corrected chi connectivity index (χ3v) is 5.45. The molecule has 6 nitrogen and oxygen atoms in total. The molecule has 0 spiro atoms. The van der Waals surface area contributed by atoms with Crippen LogP contribution >= 0.6 is 0 Å². The molecule has 0 bridgehead atoms. The number of nitrogens with one attached hydrogen (secondary N) is 2. The lowest BCUT2D eigenvalue weighted by Crippen LogP contribution is -2.26. The number of carbonyl (C=O) groups is 1. The number of H-pyrrole nitrogens is 1. The molecule has 2 N–H and O–H groups in total. The van der Waals surface area contributed by atoms with Crippen LogP contribution in [0.15, 0.2) is 53.3 Å². The first-order chi connectivity index (χ1) is 14.2. The van der Waals surface area contributed by atoms with Crippen molar-refractivity contribution in [3.63, 3.8) is 0 Å². The normalized spacial score (nSPS) is 14.3. The molecule has 2 heterocycles. The molecule has 1 fully saturated rings. The number of nitrogens with zero attached hydrogens (tertiary/aromatic N) is 2. The molecule has 1 aromatic heterocycles. The molecule has 1 aliphatic heterocycles.